The Hall–Kier alpha value is -2.55. The SMILES string of the molecule is CCCc1ccc(CCc2ccc(-c3ccc(C)c(F)c3F)cc2)c(F)c1. The van der Waals surface area contributed by atoms with Gasteiger partial charge in [0.05, 0.1) is 0 Å². The van der Waals surface area contributed by atoms with Crippen LogP contribution in [0.1, 0.15) is 35.6 Å². The van der Waals surface area contributed by atoms with Gasteiger partial charge in [0, 0.05) is 5.56 Å². The molecule has 0 heterocycles. The number of rotatable bonds is 6. The van der Waals surface area contributed by atoms with Gasteiger partial charge >= 0.3 is 0 Å². The second-order valence-corrected chi connectivity index (χ2v) is 6.93. The van der Waals surface area contributed by atoms with E-state index in [1.807, 2.05) is 24.3 Å². The van der Waals surface area contributed by atoms with Gasteiger partial charge in [-0.3, -0.25) is 0 Å². The van der Waals surface area contributed by atoms with Crippen LogP contribution in [-0.2, 0) is 19.3 Å². The summed E-state index contributed by atoms with van der Waals surface area (Å²) in [4.78, 5) is 0. The maximum Gasteiger partial charge on any atom is 0.166 e. The third kappa shape index (κ3) is 4.41. The van der Waals surface area contributed by atoms with Crippen LogP contribution in [0.2, 0.25) is 0 Å². The fourth-order valence-corrected chi connectivity index (χ4v) is 3.24. The van der Waals surface area contributed by atoms with Crippen molar-refractivity contribution in [3.05, 3.63) is 94.3 Å². The van der Waals surface area contributed by atoms with Gasteiger partial charge in [-0.2, -0.15) is 0 Å². The van der Waals surface area contributed by atoms with E-state index in [1.165, 1.54) is 0 Å². The summed E-state index contributed by atoms with van der Waals surface area (Å²) in [5, 5.41) is 0. The molecule has 0 aliphatic heterocycles. The van der Waals surface area contributed by atoms with E-state index in [0.29, 0.717) is 29.5 Å². The number of halogens is 3. The molecule has 3 aromatic rings. The van der Waals surface area contributed by atoms with Crippen molar-refractivity contribution in [3.63, 3.8) is 0 Å². The van der Waals surface area contributed by atoms with E-state index >= 15 is 0 Å². The molecule has 0 aliphatic rings. The van der Waals surface area contributed by atoms with Crippen molar-refractivity contribution in [3.8, 4) is 11.1 Å². The quantitative estimate of drug-likeness (QED) is 0.448. The lowest BCUT2D eigenvalue weighted by atomic mass is 9.98. The van der Waals surface area contributed by atoms with E-state index in [9.17, 15) is 13.2 Å². The van der Waals surface area contributed by atoms with Crippen molar-refractivity contribution in [2.75, 3.05) is 0 Å². The van der Waals surface area contributed by atoms with Crippen molar-refractivity contribution in [1.82, 2.24) is 0 Å². The van der Waals surface area contributed by atoms with Gasteiger partial charge in [-0.05, 0) is 60.1 Å². The summed E-state index contributed by atoms with van der Waals surface area (Å²) < 4.78 is 42.1. The van der Waals surface area contributed by atoms with E-state index in [0.717, 1.165) is 24.0 Å². The second-order valence-electron chi connectivity index (χ2n) is 6.93. The molecule has 0 aromatic heterocycles. The molecule has 0 atom stereocenters. The summed E-state index contributed by atoms with van der Waals surface area (Å²) in [7, 11) is 0. The molecular formula is C24H23F3. The predicted molar refractivity (Wildman–Crippen MR) is 104 cm³/mol. The van der Waals surface area contributed by atoms with Crippen LogP contribution in [0.15, 0.2) is 54.6 Å². The molecule has 0 bridgehead atoms. The topological polar surface area (TPSA) is 0 Å². The van der Waals surface area contributed by atoms with Crippen LogP contribution in [0.4, 0.5) is 13.2 Å². The summed E-state index contributed by atoms with van der Waals surface area (Å²) in [5.41, 5.74) is 3.93. The van der Waals surface area contributed by atoms with E-state index in [1.54, 1.807) is 37.3 Å². The van der Waals surface area contributed by atoms with Gasteiger partial charge in [-0.1, -0.05) is 61.9 Å². The maximum absolute atomic E-state index is 14.2. The Labute approximate surface area is 158 Å². The molecule has 27 heavy (non-hydrogen) atoms. The Morgan fingerprint density at radius 3 is 2.07 bits per heavy atom. The number of aryl methyl sites for hydroxylation is 4. The summed E-state index contributed by atoms with van der Waals surface area (Å²) >= 11 is 0. The van der Waals surface area contributed by atoms with Crippen LogP contribution in [-0.4, -0.2) is 0 Å². The molecule has 3 rings (SSSR count). The molecular weight excluding hydrogens is 345 g/mol. The second kappa shape index (κ2) is 8.43. The zero-order valence-corrected chi connectivity index (χ0v) is 15.7. The van der Waals surface area contributed by atoms with Gasteiger partial charge < -0.3 is 0 Å². The zero-order chi connectivity index (χ0) is 19.4. The lowest BCUT2D eigenvalue weighted by Gasteiger charge is -2.09. The van der Waals surface area contributed by atoms with Crippen molar-refractivity contribution in [2.45, 2.75) is 39.5 Å². The standard InChI is InChI=1S/C24H23F3/c1-3-4-18-9-13-20(22(25)15-18)12-8-17-6-10-19(11-7-17)21-14-5-16(2)23(26)24(21)27/h5-7,9-11,13-15H,3-4,8,12H2,1-2H3. The van der Waals surface area contributed by atoms with Crippen LogP contribution < -0.4 is 0 Å². The van der Waals surface area contributed by atoms with Crippen LogP contribution in [0.25, 0.3) is 11.1 Å². The van der Waals surface area contributed by atoms with Crippen LogP contribution in [0.3, 0.4) is 0 Å². The van der Waals surface area contributed by atoms with Crippen molar-refractivity contribution in [2.24, 2.45) is 0 Å². The first-order valence-corrected chi connectivity index (χ1v) is 9.30. The van der Waals surface area contributed by atoms with Crippen molar-refractivity contribution >= 4 is 0 Å². The number of hydrogen-bond donors (Lipinski definition) is 0. The number of benzene rings is 3. The molecule has 140 valence electrons. The highest BCUT2D eigenvalue weighted by molar-refractivity contribution is 5.65. The summed E-state index contributed by atoms with van der Waals surface area (Å²) in [6.07, 6.45) is 3.17. The smallest absolute Gasteiger partial charge is 0.166 e. The largest absolute Gasteiger partial charge is 0.207 e. The average molecular weight is 368 g/mol. The minimum atomic E-state index is -0.822. The highest BCUT2D eigenvalue weighted by atomic mass is 19.2. The highest BCUT2D eigenvalue weighted by Crippen LogP contribution is 2.26. The van der Waals surface area contributed by atoms with Crippen molar-refractivity contribution < 1.29 is 13.2 Å². The molecule has 0 aliphatic carbocycles. The molecule has 3 aromatic carbocycles. The molecule has 0 saturated heterocycles. The zero-order valence-electron chi connectivity index (χ0n) is 15.7. The Kier molecular flexibility index (Phi) is 6.00. The molecule has 0 amide bonds. The summed E-state index contributed by atoms with van der Waals surface area (Å²) in [6, 6.07) is 16.0. The van der Waals surface area contributed by atoms with Gasteiger partial charge in [-0.15, -0.1) is 0 Å². The molecule has 0 saturated carbocycles. The first-order valence-electron chi connectivity index (χ1n) is 9.30. The first kappa shape index (κ1) is 19.2. The van der Waals surface area contributed by atoms with E-state index in [4.69, 9.17) is 0 Å². The average Bonchev–Trinajstić information content (AvgIpc) is 2.66. The highest BCUT2D eigenvalue weighted by Gasteiger charge is 2.12. The first-order chi connectivity index (χ1) is 13.0. The van der Waals surface area contributed by atoms with Gasteiger partial charge in [0.15, 0.2) is 11.6 Å². The molecule has 0 radical (unpaired) electrons. The molecule has 3 heteroatoms. The molecule has 0 nitrogen and oxygen atoms in total. The van der Waals surface area contributed by atoms with E-state index in [2.05, 4.69) is 6.92 Å². The molecule has 0 spiro atoms. The molecule has 0 fully saturated rings. The Bertz CT molecular complexity index is 927. The lowest BCUT2D eigenvalue weighted by Crippen LogP contribution is -1.97. The maximum atomic E-state index is 14.2. The van der Waals surface area contributed by atoms with E-state index < -0.39 is 11.6 Å². The van der Waals surface area contributed by atoms with Crippen LogP contribution in [0, 0.1) is 24.4 Å². The fourth-order valence-electron chi connectivity index (χ4n) is 3.24. The van der Waals surface area contributed by atoms with Gasteiger partial charge in [-0.25, -0.2) is 13.2 Å². The minimum absolute atomic E-state index is 0.158. The fraction of sp³-hybridized carbons (Fsp3) is 0.250. The Morgan fingerprint density at radius 2 is 1.41 bits per heavy atom. The summed E-state index contributed by atoms with van der Waals surface area (Å²) in [5.74, 6) is -1.79. The van der Waals surface area contributed by atoms with Gasteiger partial charge in [0.2, 0.25) is 0 Å². The monoisotopic (exact) mass is 368 g/mol. The van der Waals surface area contributed by atoms with E-state index in [-0.39, 0.29) is 11.4 Å². The Balaban J connectivity index is 1.71. The van der Waals surface area contributed by atoms with Crippen LogP contribution >= 0.6 is 0 Å². The van der Waals surface area contributed by atoms with Crippen molar-refractivity contribution in [1.29, 1.82) is 0 Å². The summed E-state index contributed by atoms with van der Waals surface area (Å²) in [6.45, 7) is 3.62. The molecule has 0 unspecified atom stereocenters. The Morgan fingerprint density at radius 1 is 0.704 bits per heavy atom. The lowest BCUT2D eigenvalue weighted by molar-refractivity contribution is 0.505. The third-order valence-electron chi connectivity index (χ3n) is 4.88. The number of hydrogen-bond acceptors (Lipinski definition) is 0. The normalized spacial score (nSPS) is 11.0. The predicted octanol–water partition coefficient (Wildman–Crippen LogP) is 6.82. The van der Waals surface area contributed by atoms with Gasteiger partial charge in [0.25, 0.3) is 0 Å². The minimum Gasteiger partial charge on any atom is -0.207 e. The third-order valence-corrected chi connectivity index (χ3v) is 4.88. The molecule has 0 N–H and O–H groups in total. The van der Waals surface area contributed by atoms with Crippen LogP contribution in [0.5, 0.6) is 0 Å². The van der Waals surface area contributed by atoms with Gasteiger partial charge in [0.1, 0.15) is 5.82 Å².